The van der Waals surface area contributed by atoms with Crippen molar-refractivity contribution in [3.8, 4) is 5.75 Å². The molecule has 3 rings (SSSR count). The number of rotatable bonds is 5. The van der Waals surface area contributed by atoms with Crippen molar-refractivity contribution in [1.29, 1.82) is 0 Å². The van der Waals surface area contributed by atoms with Crippen molar-refractivity contribution >= 4 is 22.6 Å². The van der Waals surface area contributed by atoms with Gasteiger partial charge >= 0.3 is 0 Å². The Balaban J connectivity index is 1.96. The van der Waals surface area contributed by atoms with E-state index in [1.807, 2.05) is 18.2 Å². The normalized spacial score (nSPS) is 19.0. The van der Waals surface area contributed by atoms with E-state index in [-0.39, 0.29) is 6.10 Å². The Labute approximate surface area is 128 Å². The van der Waals surface area contributed by atoms with Crippen molar-refractivity contribution in [2.24, 2.45) is 0 Å². The summed E-state index contributed by atoms with van der Waals surface area (Å²) in [5.41, 5.74) is 2.00. The highest BCUT2D eigenvalue weighted by atomic mass is 35.5. The van der Waals surface area contributed by atoms with E-state index >= 15 is 0 Å². The summed E-state index contributed by atoms with van der Waals surface area (Å²) in [5.74, 6) is 2.34. The number of ether oxygens (including phenoxy) is 3. The minimum atomic E-state index is 0.0522. The first kappa shape index (κ1) is 14.6. The molecule has 0 aliphatic carbocycles. The topological polar surface area (TPSA) is 45.5 Å². The van der Waals surface area contributed by atoms with Crippen LogP contribution in [0, 0.1) is 0 Å². The Kier molecular flexibility index (Phi) is 4.63. The van der Waals surface area contributed by atoms with E-state index in [2.05, 4.69) is 9.55 Å². The summed E-state index contributed by atoms with van der Waals surface area (Å²) >= 11 is 5.90. The number of aryl methyl sites for hydroxylation is 1. The number of nitrogens with zero attached hydrogens (tertiary/aromatic N) is 2. The minimum absolute atomic E-state index is 0.0522. The molecule has 1 fully saturated rings. The van der Waals surface area contributed by atoms with Crippen LogP contribution in [-0.4, -0.2) is 48.5 Å². The predicted octanol–water partition coefficient (Wildman–Crippen LogP) is 2.24. The number of methoxy groups -OCH3 is 1. The fourth-order valence-electron chi connectivity index (χ4n) is 2.60. The molecule has 1 aliphatic heterocycles. The molecule has 0 amide bonds. The second kappa shape index (κ2) is 6.64. The molecule has 0 saturated carbocycles. The van der Waals surface area contributed by atoms with Crippen LogP contribution >= 0.6 is 11.6 Å². The quantitative estimate of drug-likeness (QED) is 0.795. The largest absolute Gasteiger partial charge is 0.497 e. The number of fused-ring (bicyclic) bond motifs is 1. The van der Waals surface area contributed by atoms with Crippen LogP contribution in [0.25, 0.3) is 11.0 Å². The number of imidazole rings is 1. The Morgan fingerprint density at radius 2 is 2.33 bits per heavy atom. The molecular formula is C15H19ClN2O3. The van der Waals surface area contributed by atoms with Gasteiger partial charge in [0.1, 0.15) is 11.6 Å². The third kappa shape index (κ3) is 3.15. The van der Waals surface area contributed by atoms with Gasteiger partial charge in [-0.15, -0.1) is 11.6 Å². The van der Waals surface area contributed by atoms with Crippen LogP contribution in [-0.2, 0) is 22.4 Å². The summed E-state index contributed by atoms with van der Waals surface area (Å²) < 4.78 is 18.7. The van der Waals surface area contributed by atoms with Gasteiger partial charge in [-0.3, -0.25) is 0 Å². The molecule has 5 nitrogen and oxygen atoms in total. The number of benzene rings is 1. The number of hydrogen-bond acceptors (Lipinski definition) is 4. The summed E-state index contributed by atoms with van der Waals surface area (Å²) in [6.45, 7) is 2.65. The molecule has 21 heavy (non-hydrogen) atoms. The monoisotopic (exact) mass is 310 g/mol. The molecule has 2 heterocycles. The molecule has 1 aliphatic rings. The number of aromatic nitrogens is 2. The molecule has 1 saturated heterocycles. The third-order valence-corrected chi connectivity index (χ3v) is 3.81. The molecule has 0 N–H and O–H groups in total. The first-order chi connectivity index (χ1) is 10.3. The standard InChI is InChI=1S/C15H19ClN2O3/c1-19-11-2-3-13-14(8-11)18(15(17-13)4-5-16)9-12-10-20-6-7-21-12/h2-3,8,12H,4-7,9-10H2,1H3. The lowest BCUT2D eigenvalue weighted by Crippen LogP contribution is -2.32. The maximum Gasteiger partial charge on any atom is 0.121 e. The van der Waals surface area contributed by atoms with Gasteiger partial charge in [-0.2, -0.15) is 0 Å². The first-order valence-electron chi connectivity index (χ1n) is 7.10. The molecule has 1 unspecified atom stereocenters. The summed E-state index contributed by atoms with van der Waals surface area (Å²) in [7, 11) is 1.67. The van der Waals surface area contributed by atoms with Gasteiger partial charge < -0.3 is 18.8 Å². The number of alkyl halides is 1. The zero-order chi connectivity index (χ0) is 14.7. The van der Waals surface area contributed by atoms with Gasteiger partial charge in [0.15, 0.2) is 0 Å². The van der Waals surface area contributed by atoms with E-state index in [4.69, 9.17) is 25.8 Å². The van der Waals surface area contributed by atoms with Crippen molar-refractivity contribution in [2.45, 2.75) is 19.1 Å². The van der Waals surface area contributed by atoms with Crippen molar-refractivity contribution in [3.63, 3.8) is 0 Å². The van der Waals surface area contributed by atoms with Gasteiger partial charge in [-0.05, 0) is 12.1 Å². The van der Waals surface area contributed by atoms with E-state index < -0.39 is 0 Å². The summed E-state index contributed by atoms with van der Waals surface area (Å²) in [5, 5.41) is 0. The predicted molar refractivity (Wildman–Crippen MR) is 81.3 cm³/mol. The molecule has 2 aromatic rings. The zero-order valence-corrected chi connectivity index (χ0v) is 12.8. The van der Waals surface area contributed by atoms with E-state index in [0.29, 0.717) is 25.7 Å². The lowest BCUT2D eigenvalue weighted by Gasteiger charge is -2.24. The van der Waals surface area contributed by atoms with Gasteiger partial charge in [-0.1, -0.05) is 0 Å². The van der Waals surface area contributed by atoms with Crippen LogP contribution in [0.5, 0.6) is 5.75 Å². The maximum atomic E-state index is 5.90. The van der Waals surface area contributed by atoms with Gasteiger partial charge in [0.25, 0.3) is 0 Å². The SMILES string of the molecule is COc1ccc2nc(CCCl)n(CC3COCCO3)c2c1. The van der Waals surface area contributed by atoms with Gasteiger partial charge in [-0.25, -0.2) is 4.98 Å². The van der Waals surface area contributed by atoms with Gasteiger partial charge in [0.2, 0.25) is 0 Å². The van der Waals surface area contributed by atoms with Crippen molar-refractivity contribution in [1.82, 2.24) is 9.55 Å². The van der Waals surface area contributed by atoms with Crippen molar-refractivity contribution in [3.05, 3.63) is 24.0 Å². The summed E-state index contributed by atoms with van der Waals surface area (Å²) in [6, 6.07) is 5.90. The van der Waals surface area contributed by atoms with Crippen LogP contribution < -0.4 is 4.74 Å². The van der Waals surface area contributed by atoms with Crippen LogP contribution in [0.2, 0.25) is 0 Å². The van der Waals surface area contributed by atoms with Gasteiger partial charge in [0, 0.05) is 18.4 Å². The lowest BCUT2D eigenvalue weighted by molar-refractivity contribution is -0.0934. The second-order valence-electron chi connectivity index (χ2n) is 5.00. The van der Waals surface area contributed by atoms with Crippen molar-refractivity contribution < 1.29 is 14.2 Å². The van der Waals surface area contributed by atoms with Crippen LogP contribution in [0.3, 0.4) is 0 Å². The van der Waals surface area contributed by atoms with Crippen LogP contribution in [0.15, 0.2) is 18.2 Å². The highest BCUT2D eigenvalue weighted by Gasteiger charge is 2.19. The van der Waals surface area contributed by atoms with E-state index in [1.165, 1.54) is 0 Å². The Morgan fingerprint density at radius 1 is 1.43 bits per heavy atom. The fourth-order valence-corrected chi connectivity index (χ4v) is 2.77. The second-order valence-corrected chi connectivity index (χ2v) is 5.38. The molecular weight excluding hydrogens is 292 g/mol. The summed E-state index contributed by atoms with van der Waals surface area (Å²) in [6.07, 6.45) is 0.781. The molecule has 0 bridgehead atoms. The molecule has 0 radical (unpaired) electrons. The maximum absolute atomic E-state index is 5.90. The molecule has 1 atom stereocenters. The first-order valence-corrected chi connectivity index (χ1v) is 7.63. The van der Waals surface area contributed by atoms with Crippen molar-refractivity contribution in [2.75, 3.05) is 32.8 Å². The minimum Gasteiger partial charge on any atom is -0.497 e. The third-order valence-electron chi connectivity index (χ3n) is 3.62. The molecule has 1 aromatic carbocycles. The van der Waals surface area contributed by atoms with Gasteiger partial charge in [0.05, 0.1) is 50.6 Å². The smallest absolute Gasteiger partial charge is 0.121 e. The molecule has 114 valence electrons. The Bertz CT molecular complexity index is 608. The number of halogens is 1. The highest BCUT2D eigenvalue weighted by molar-refractivity contribution is 6.17. The van der Waals surface area contributed by atoms with E-state index in [0.717, 1.165) is 35.6 Å². The zero-order valence-electron chi connectivity index (χ0n) is 12.0. The van der Waals surface area contributed by atoms with E-state index in [1.54, 1.807) is 7.11 Å². The lowest BCUT2D eigenvalue weighted by atomic mass is 10.2. The van der Waals surface area contributed by atoms with Crippen LogP contribution in [0.4, 0.5) is 0 Å². The highest BCUT2D eigenvalue weighted by Crippen LogP contribution is 2.23. The molecule has 6 heteroatoms. The Hall–Kier alpha value is -1.30. The Morgan fingerprint density at radius 3 is 3.05 bits per heavy atom. The summed E-state index contributed by atoms with van der Waals surface area (Å²) in [4.78, 5) is 4.67. The average Bonchev–Trinajstić information content (AvgIpc) is 2.86. The molecule has 0 spiro atoms. The average molecular weight is 311 g/mol. The number of hydrogen-bond donors (Lipinski definition) is 0. The van der Waals surface area contributed by atoms with E-state index in [9.17, 15) is 0 Å². The fraction of sp³-hybridized carbons (Fsp3) is 0.533. The molecule has 1 aromatic heterocycles. The van der Waals surface area contributed by atoms with Crippen LogP contribution in [0.1, 0.15) is 5.82 Å².